The van der Waals surface area contributed by atoms with E-state index in [0.717, 1.165) is 5.56 Å². The number of nitrogens with one attached hydrogen (secondary N) is 1. The number of carbonyl (C=O) groups is 1. The van der Waals surface area contributed by atoms with E-state index in [1.165, 1.54) is 12.1 Å². The molecule has 4 nitrogen and oxygen atoms in total. The van der Waals surface area contributed by atoms with Crippen LogP contribution in [0.15, 0.2) is 78.9 Å². The number of hydrogen-bond acceptors (Lipinski definition) is 3. The minimum atomic E-state index is -0.392. The standard InChI is InChI=1S/C23H17FN2O2/c24-20-6-4-5-18(14-20)19(15-25)13-17-9-11-22(12-10-17)28-16-23(27)26-21-7-2-1-3-8-21/h1-14H,16H2,(H,26,27)/b19-13-. The summed E-state index contributed by atoms with van der Waals surface area (Å²) in [6, 6.07) is 24.1. The first-order valence-electron chi connectivity index (χ1n) is 8.59. The molecule has 0 spiro atoms. The average molecular weight is 372 g/mol. The zero-order chi connectivity index (χ0) is 19.8. The van der Waals surface area contributed by atoms with E-state index in [1.807, 2.05) is 18.2 Å². The minimum absolute atomic E-state index is 0.114. The third kappa shape index (κ3) is 5.29. The lowest BCUT2D eigenvalue weighted by Crippen LogP contribution is -2.20. The highest BCUT2D eigenvalue weighted by Gasteiger charge is 2.05. The van der Waals surface area contributed by atoms with Gasteiger partial charge in [0.15, 0.2) is 6.61 Å². The van der Waals surface area contributed by atoms with Crippen LogP contribution in [0.1, 0.15) is 11.1 Å². The Hall–Kier alpha value is -3.91. The second-order valence-electron chi connectivity index (χ2n) is 5.95. The Labute approximate surface area is 162 Å². The lowest BCUT2D eigenvalue weighted by Gasteiger charge is -2.08. The van der Waals surface area contributed by atoms with Gasteiger partial charge in [-0.3, -0.25) is 4.79 Å². The second-order valence-corrected chi connectivity index (χ2v) is 5.95. The van der Waals surface area contributed by atoms with E-state index in [9.17, 15) is 14.4 Å². The van der Waals surface area contributed by atoms with Gasteiger partial charge in [0.05, 0.1) is 11.6 Å². The Bertz CT molecular complexity index is 1020. The lowest BCUT2D eigenvalue weighted by molar-refractivity contribution is -0.118. The van der Waals surface area contributed by atoms with E-state index in [1.54, 1.807) is 54.6 Å². The molecular formula is C23H17FN2O2. The van der Waals surface area contributed by atoms with Crippen molar-refractivity contribution in [1.82, 2.24) is 0 Å². The molecule has 5 heteroatoms. The second kappa shape index (κ2) is 9.15. The van der Waals surface area contributed by atoms with Crippen LogP contribution in [0.3, 0.4) is 0 Å². The molecule has 0 unspecified atom stereocenters. The monoisotopic (exact) mass is 372 g/mol. The van der Waals surface area contributed by atoms with Crippen LogP contribution >= 0.6 is 0 Å². The Balaban J connectivity index is 1.61. The number of halogens is 1. The van der Waals surface area contributed by atoms with Crippen molar-refractivity contribution in [2.75, 3.05) is 11.9 Å². The number of para-hydroxylation sites is 1. The molecule has 138 valence electrons. The zero-order valence-corrected chi connectivity index (χ0v) is 14.9. The first-order chi connectivity index (χ1) is 13.6. The summed E-state index contributed by atoms with van der Waals surface area (Å²) >= 11 is 0. The number of ether oxygens (including phenoxy) is 1. The number of carbonyl (C=O) groups excluding carboxylic acids is 1. The molecule has 3 aromatic carbocycles. The molecule has 3 rings (SSSR count). The topological polar surface area (TPSA) is 62.1 Å². The van der Waals surface area contributed by atoms with Crippen LogP contribution in [0.25, 0.3) is 11.6 Å². The Morgan fingerprint density at radius 2 is 1.79 bits per heavy atom. The molecule has 0 aliphatic carbocycles. The maximum atomic E-state index is 13.4. The molecule has 0 saturated heterocycles. The van der Waals surface area contributed by atoms with Crippen molar-refractivity contribution < 1.29 is 13.9 Å². The average Bonchev–Trinajstić information content (AvgIpc) is 2.72. The van der Waals surface area contributed by atoms with E-state index in [4.69, 9.17) is 4.74 Å². The first kappa shape index (κ1) is 18.9. The van der Waals surface area contributed by atoms with Gasteiger partial charge in [-0.25, -0.2) is 4.39 Å². The van der Waals surface area contributed by atoms with Gasteiger partial charge in [-0.05, 0) is 53.6 Å². The van der Waals surface area contributed by atoms with Gasteiger partial charge in [0.25, 0.3) is 5.91 Å². The number of benzene rings is 3. The van der Waals surface area contributed by atoms with Gasteiger partial charge in [0.2, 0.25) is 0 Å². The third-order valence-electron chi connectivity index (χ3n) is 3.87. The smallest absolute Gasteiger partial charge is 0.262 e. The third-order valence-corrected chi connectivity index (χ3v) is 3.87. The molecule has 0 aromatic heterocycles. The molecule has 0 fully saturated rings. The zero-order valence-electron chi connectivity index (χ0n) is 14.9. The Kier molecular flexibility index (Phi) is 6.17. The summed E-state index contributed by atoms with van der Waals surface area (Å²) in [5.74, 6) is -0.117. The number of nitriles is 1. The molecule has 1 N–H and O–H groups in total. The molecule has 0 heterocycles. The number of allylic oxidation sites excluding steroid dienone is 1. The number of rotatable bonds is 6. The highest BCUT2D eigenvalue weighted by molar-refractivity contribution is 5.92. The maximum absolute atomic E-state index is 13.4. The molecule has 0 saturated carbocycles. The molecule has 0 bridgehead atoms. The maximum Gasteiger partial charge on any atom is 0.262 e. The van der Waals surface area contributed by atoms with E-state index in [-0.39, 0.29) is 12.5 Å². The molecule has 3 aromatic rings. The van der Waals surface area contributed by atoms with Crippen LogP contribution < -0.4 is 10.1 Å². The van der Waals surface area contributed by atoms with E-state index < -0.39 is 5.82 Å². The highest BCUT2D eigenvalue weighted by atomic mass is 19.1. The molecule has 1 amide bonds. The number of amides is 1. The van der Waals surface area contributed by atoms with Gasteiger partial charge in [-0.15, -0.1) is 0 Å². The van der Waals surface area contributed by atoms with Gasteiger partial charge in [0.1, 0.15) is 11.6 Å². The van der Waals surface area contributed by atoms with Gasteiger partial charge >= 0.3 is 0 Å². The van der Waals surface area contributed by atoms with Crippen molar-refractivity contribution in [2.24, 2.45) is 0 Å². The Morgan fingerprint density at radius 1 is 1.04 bits per heavy atom. The van der Waals surface area contributed by atoms with E-state index in [0.29, 0.717) is 22.6 Å². The fourth-order valence-electron chi connectivity index (χ4n) is 2.53. The normalized spacial score (nSPS) is 10.8. The summed E-state index contributed by atoms with van der Waals surface area (Å²) in [6.45, 7) is -0.114. The Morgan fingerprint density at radius 3 is 2.46 bits per heavy atom. The summed E-state index contributed by atoms with van der Waals surface area (Å²) < 4.78 is 18.8. The fourth-order valence-corrected chi connectivity index (χ4v) is 2.53. The van der Waals surface area contributed by atoms with Crippen molar-refractivity contribution in [3.63, 3.8) is 0 Å². The van der Waals surface area contributed by atoms with Crippen molar-refractivity contribution in [2.45, 2.75) is 0 Å². The summed E-state index contributed by atoms with van der Waals surface area (Å²) in [7, 11) is 0. The molecule has 0 aliphatic rings. The van der Waals surface area contributed by atoms with Gasteiger partial charge < -0.3 is 10.1 Å². The van der Waals surface area contributed by atoms with Crippen molar-refractivity contribution in [3.8, 4) is 11.8 Å². The van der Waals surface area contributed by atoms with Crippen LogP contribution in [0.4, 0.5) is 10.1 Å². The van der Waals surface area contributed by atoms with Gasteiger partial charge in [-0.2, -0.15) is 5.26 Å². The summed E-state index contributed by atoms with van der Waals surface area (Å²) in [4.78, 5) is 11.9. The van der Waals surface area contributed by atoms with Crippen LogP contribution in [0.5, 0.6) is 5.75 Å². The highest BCUT2D eigenvalue weighted by Crippen LogP contribution is 2.20. The predicted octanol–water partition coefficient (Wildman–Crippen LogP) is 4.91. The van der Waals surface area contributed by atoms with Crippen LogP contribution in [0.2, 0.25) is 0 Å². The molecular weight excluding hydrogens is 355 g/mol. The van der Waals surface area contributed by atoms with Crippen molar-refractivity contribution in [1.29, 1.82) is 5.26 Å². The lowest BCUT2D eigenvalue weighted by atomic mass is 10.0. The van der Waals surface area contributed by atoms with Crippen LogP contribution in [0, 0.1) is 17.1 Å². The summed E-state index contributed by atoms with van der Waals surface area (Å²) in [5, 5.41) is 12.1. The van der Waals surface area contributed by atoms with Crippen molar-refractivity contribution >= 4 is 23.2 Å². The van der Waals surface area contributed by atoms with E-state index >= 15 is 0 Å². The summed E-state index contributed by atoms with van der Waals surface area (Å²) in [5.41, 5.74) is 2.34. The summed E-state index contributed by atoms with van der Waals surface area (Å²) in [6.07, 6.45) is 1.67. The van der Waals surface area contributed by atoms with Crippen LogP contribution in [-0.4, -0.2) is 12.5 Å². The van der Waals surface area contributed by atoms with Gasteiger partial charge in [0, 0.05) is 5.69 Å². The number of hydrogen-bond donors (Lipinski definition) is 1. The minimum Gasteiger partial charge on any atom is -0.484 e. The molecule has 0 aliphatic heterocycles. The molecule has 0 atom stereocenters. The number of nitrogens with zero attached hydrogens (tertiary/aromatic N) is 1. The quantitative estimate of drug-likeness (QED) is 0.494. The predicted molar refractivity (Wildman–Crippen MR) is 107 cm³/mol. The number of anilines is 1. The first-order valence-corrected chi connectivity index (χ1v) is 8.59. The molecule has 28 heavy (non-hydrogen) atoms. The van der Waals surface area contributed by atoms with Crippen molar-refractivity contribution in [3.05, 3.63) is 95.8 Å². The SMILES string of the molecule is N#C/C(=C/c1ccc(OCC(=O)Nc2ccccc2)cc1)c1cccc(F)c1. The molecule has 0 radical (unpaired) electrons. The van der Waals surface area contributed by atoms with E-state index in [2.05, 4.69) is 11.4 Å². The largest absolute Gasteiger partial charge is 0.484 e. The van der Waals surface area contributed by atoms with Gasteiger partial charge in [-0.1, -0.05) is 42.5 Å². The van der Waals surface area contributed by atoms with Crippen LogP contribution in [-0.2, 0) is 4.79 Å². The fraction of sp³-hybridized carbons (Fsp3) is 0.0435.